The molecule has 1 rings (SSSR count). The molecule has 0 atom stereocenters. The van der Waals surface area contributed by atoms with E-state index >= 15 is 0 Å². The number of amides is 1. The van der Waals surface area contributed by atoms with Crippen molar-refractivity contribution in [2.24, 2.45) is 5.73 Å². The Kier molecular flexibility index (Phi) is 5.39. The topological polar surface area (TPSA) is 64.3 Å². The molecule has 3 N–H and O–H groups in total. The summed E-state index contributed by atoms with van der Waals surface area (Å²) in [5.41, 5.74) is 6.27. The van der Waals surface area contributed by atoms with Gasteiger partial charge in [0.1, 0.15) is 5.60 Å². The third kappa shape index (κ3) is 5.77. The van der Waals surface area contributed by atoms with Crippen LogP contribution in [0.5, 0.6) is 0 Å². The first-order valence-electron chi connectivity index (χ1n) is 5.98. The fourth-order valence-electron chi connectivity index (χ4n) is 1.35. The monoisotopic (exact) mass is 282 g/mol. The maximum atomic E-state index is 11.6. The average Bonchev–Trinajstić information content (AvgIpc) is 2.27. The van der Waals surface area contributed by atoms with Gasteiger partial charge in [0.05, 0.1) is 10.7 Å². The zero-order valence-electron chi connectivity index (χ0n) is 11.4. The molecule has 0 aliphatic rings. The maximum Gasteiger partial charge on any atom is 0.412 e. The number of benzene rings is 1. The van der Waals surface area contributed by atoms with E-state index in [2.05, 4.69) is 5.32 Å². The predicted octanol–water partition coefficient (Wildman–Crippen LogP) is 3.66. The molecular weight excluding hydrogens is 264 g/mol. The minimum absolute atomic E-state index is 0.449. The minimum atomic E-state index is -0.541. The molecule has 4 nitrogen and oxygen atoms in total. The fourth-order valence-corrected chi connectivity index (χ4v) is 1.59. The van der Waals surface area contributed by atoms with E-state index in [1.54, 1.807) is 32.9 Å². The number of nitrogens with one attached hydrogen (secondary N) is 1. The lowest BCUT2D eigenvalue weighted by Crippen LogP contribution is -2.27. The number of halogens is 1. The molecule has 104 valence electrons. The van der Waals surface area contributed by atoms with Gasteiger partial charge in [0.25, 0.3) is 0 Å². The van der Waals surface area contributed by atoms with Crippen LogP contribution in [0.4, 0.5) is 10.5 Å². The highest BCUT2D eigenvalue weighted by atomic mass is 35.5. The number of ether oxygens (including phenoxy) is 1. The Morgan fingerprint density at radius 1 is 1.47 bits per heavy atom. The van der Waals surface area contributed by atoms with Crippen molar-refractivity contribution in [1.82, 2.24) is 0 Å². The molecule has 0 radical (unpaired) electrons. The largest absolute Gasteiger partial charge is 0.444 e. The van der Waals surface area contributed by atoms with E-state index in [-0.39, 0.29) is 0 Å². The van der Waals surface area contributed by atoms with Gasteiger partial charge in [-0.1, -0.05) is 29.8 Å². The number of hydrogen-bond acceptors (Lipinski definition) is 3. The Morgan fingerprint density at radius 2 is 2.16 bits per heavy atom. The number of anilines is 1. The molecule has 1 amide bonds. The standard InChI is InChI=1S/C14H19ClN2O2/c1-14(2,3)19-13(18)17-12-7-6-10(5-4-8-16)9-11(12)15/h4-7,9H,8,16H2,1-3H3,(H,17,18)/b5-4+. The van der Waals surface area contributed by atoms with Crippen molar-refractivity contribution in [1.29, 1.82) is 0 Å². The molecule has 0 heterocycles. The molecule has 0 saturated carbocycles. The summed E-state index contributed by atoms with van der Waals surface area (Å²) in [5.74, 6) is 0. The van der Waals surface area contributed by atoms with Gasteiger partial charge >= 0.3 is 6.09 Å². The van der Waals surface area contributed by atoms with Crippen LogP contribution in [-0.4, -0.2) is 18.2 Å². The number of carbonyl (C=O) groups excluding carboxylic acids is 1. The van der Waals surface area contributed by atoms with Crippen molar-refractivity contribution < 1.29 is 9.53 Å². The van der Waals surface area contributed by atoms with Crippen molar-refractivity contribution in [3.8, 4) is 0 Å². The molecule has 0 aliphatic heterocycles. The molecular formula is C14H19ClN2O2. The van der Waals surface area contributed by atoms with Crippen LogP contribution in [0, 0.1) is 0 Å². The summed E-state index contributed by atoms with van der Waals surface area (Å²) >= 11 is 6.09. The van der Waals surface area contributed by atoms with Crippen LogP contribution in [0.2, 0.25) is 5.02 Å². The SMILES string of the molecule is CC(C)(C)OC(=O)Nc1ccc(/C=C/CN)cc1Cl. The Hall–Kier alpha value is -1.52. The first-order valence-corrected chi connectivity index (χ1v) is 6.36. The van der Waals surface area contributed by atoms with Crippen LogP contribution in [0.25, 0.3) is 6.08 Å². The van der Waals surface area contributed by atoms with Crippen molar-refractivity contribution in [3.63, 3.8) is 0 Å². The van der Waals surface area contributed by atoms with Crippen LogP contribution in [0.15, 0.2) is 24.3 Å². The normalized spacial score (nSPS) is 11.6. The summed E-state index contributed by atoms with van der Waals surface area (Å²) < 4.78 is 5.15. The summed E-state index contributed by atoms with van der Waals surface area (Å²) in [7, 11) is 0. The maximum absolute atomic E-state index is 11.6. The number of hydrogen-bond donors (Lipinski definition) is 2. The van der Waals surface area contributed by atoms with Gasteiger partial charge in [-0.2, -0.15) is 0 Å². The van der Waals surface area contributed by atoms with Gasteiger partial charge in [-0.3, -0.25) is 5.32 Å². The predicted molar refractivity (Wildman–Crippen MR) is 79.4 cm³/mol. The number of nitrogens with two attached hydrogens (primary N) is 1. The highest BCUT2D eigenvalue weighted by molar-refractivity contribution is 6.33. The molecule has 0 fully saturated rings. The smallest absolute Gasteiger partial charge is 0.412 e. The van der Waals surface area contributed by atoms with Gasteiger partial charge in [0.15, 0.2) is 0 Å². The van der Waals surface area contributed by atoms with E-state index in [1.807, 2.05) is 18.2 Å². The Balaban J connectivity index is 2.75. The highest BCUT2D eigenvalue weighted by Gasteiger charge is 2.16. The lowest BCUT2D eigenvalue weighted by molar-refractivity contribution is 0.0636. The lowest BCUT2D eigenvalue weighted by Gasteiger charge is -2.20. The Labute approximate surface area is 118 Å². The van der Waals surface area contributed by atoms with Gasteiger partial charge in [0.2, 0.25) is 0 Å². The van der Waals surface area contributed by atoms with Gasteiger partial charge < -0.3 is 10.5 Å². The second kappa shape index (κ2) is 6.59. The summed E-state index contributed by atoms with van der Waals surface area (Å²) in [6.07, 6.45) is 3.16. The first kappa shape index (κ1) is 15.5. The van der Waals surface area contributed by atoms with Crippen LogP contribution >= 0.6 is 11.6 Å². The van der Waals surface area contributed by atoms with Crippen LogP contribution < -0.4 is 11.1 Å². The fraction of sp³-hybridized carbons (Fsp3) is 0.357. The van der Waals surface area contributed by atoms with E-state index in [9.17, 15) is 4.79 Å². The molecule has 1 aromatic carbocycles. The second-order valence-corrected chi connectivity index (χ2v) is 5.41. The molecule has 0 bridgehead atoms. The van der Waals surface area contributed by atoms with E-state index in [1.165, 1.54) is 0 Å². The van der Waals surface area contributed by atoms with E-state index in [0.29, 0.717) is 17.3 Å². The molecule has 0 aromatic heterocycles. The van der Waals surface area contributed by atoms with Gasteiger partial charge in [-0.05, 0) is 38.5 Å². The zero-order valence-corrected chi connectivity index (χ0v) is 12.1. The molecule has 0 unspecified atom stereocenters. The number of rotatable bonds is 3. The van der Waals surface area contributed by atoms with Crippen molar-refractivity contribution in [3.05, 3.63) is 34.9 Å². The number of carbonyl (C=O) groups is 1. The van der Waals surface area contributed by atoms with Crippen molar-refractivity contribution in [2.45, 2.75) is 26.4 Å². The van der Waals surface area contributed by atoms with Gasteiger partial charge in [-0.25, -0.2) is 4.79 Å². The quantitative estimate of drug-likeness (QED) is 0.889. The first-order chi connectivity index (χ1) is 8.81. The van der Waals surface area contributed by atoms with Crippen molar-refractivity contribution >= 4 is 29.5 Å². The molecule has 0 saturated heterocycles. The van der Waals surface area contributed by atoms with Gasteiger partial charge in [0, 0.05) is 6.54 Å². The third-order valence-electron chi connectivity index (χ3n) is 2.08. The molecule has 19 heavy (non-hydrogen) atoms. The zero-order chi connectivity index (χ0) is 14.5. The summed E-state index contributed by atoms with van der Waals surface area (Å²) in [6.45, 7) is 5.87. The molecule has 5 heteroatoms. The second-order valence-electron chi connectivity index (χ2n) is 5.00. The van der Waals surface area contributed by atoms with Crippen molar-refractivity contribution in [2.75, 3.05) is 11.9 Å². The summed E-state index contributed by atoms with van der Waals surface area (Å²) in [4.78, 5) is 11.6. The van der Waals surface area contributed by atoms with Crippen LogP contribution in [-0.2, 0) is 4.74 Å². The average molecular weight is 283 g/mol. The Morgan fingerprint density at radius 3 is 2.68 bits per heavy atom. The third-order valence-corrected chi connectivity index (χ3v) is 2.39. The van der Waals surface area contributed by atoms with Crippen LogP contribution in [0.1, 0.15) is 26.3 Å². The summed E-state index contributed by atoms with van der Waals surface area (Å²) in [5, 5.41) is 3.06. The van der Waals surface area contributed by atoms with Gasteiger partial charge in [-0.15, -0.1) is 0 Å². The summed E-state index contributed by atoms with van der Waals surface area (Å²) in [6, 6.07) is 5.31. The van der Waals surface area contributed by atoms with E-state index in [4.69, 9.17) is 22.1 Å². The molecule has 0 spiro atoms. The molecule has 0 aliphatic carbocycles. The molecule has 1 aromatic rings. The van der Waals surface area contributed by atoms with E-state index < -0.39 is 11.7 Å². The highest BCUT2D eigenvalue weighted by Crippen LogP contribution is 2.24. The Bertz CT molecular complexity index is 479. The van der Waals surface area contributed by atoms with Crippen LogP contribution in [0.3, 0.4) is 0 Å². The lowest BCUT2D eigenvalue weighted by atomic mass is 10.2. The minimum Gasteiger partial charge on any atom is -0.444 e. The van der Waals surface area contributed by atoms with E-state index in [0.717, 1.165) is 5.56 Å².